The lowest BCUT2D eigenvalue weighted by Gasteiger charge is -2.50. The number of carbonyl (C=O) groups is 4. The van der Waals surface area contributed by atoms with Gasteiger partial charge in [0.15, 0.2) is 9.75 Å². The van der Waals surface area contributed by atoms with Crippen LogP contribution in [0.15, 0.2) is 54.1 Å². The Hall–Kier alpha value is -3.27. The second-order valence-electron chi connectivity index (χ2n) is 10.3. The van der Waals surface area contributed by atoms with Crippen molar-refractivity contribution in [3.8, 4) is 5.75 Å². The van der Waals surface area contributed by atoms with Gasteiger partial charge in [-0.3, -0.25) is 24.4 Å². The number of rotatable bonds is 2. The number of amides is 4. The number of imide groups is 2. The fourth-order valence-electron chi connectivity index (χ4n) is 6.64. The summed E-state index contributed by atoms with van der Waals surface area (Å²) in [5.74, 6) is -7.89. The van der Waals surface area contributed by atoms with E-state index in [0.717, 1.165) is 17.0 Å². The molecule has 2 heterocycles. The van der Waals surface area contributed by atoms with Crippen molar-refractivity contribution in [2.24, 2.45) is 17.8 Å². The van der Waals surface area contributed by atoms with Crippen molar-refractivity contribution in [3.05, 3.63) is 71.1 Å². The topological polar surface area (TPSA) is 115 Å². The number of halogens is 3. The van der Waals surface area contributed by atoms with Crippen LogP contribution in [-0.2, 0) is 19.2 Å². The minimum absolute atomic E-state index is 0.0616. The fourth-order valence-corrected chi connectivity index (χ4v) is 7.57. The molecule has 2 aromatic rings. The molecule has 2 aliphatic heterocycles. The van der Waals surface area contributed by atoms with E-state index in [9.17, 15) is 33.9 Å². The van der Waals surface area contributed by atoms with Gasteiger partial charge in [0.2, 0.25) is 0 Å². The maximum Gasteiger partial charge on any atom is 0.258 e. The number of benzene rings is 2. The van der Waals surface area contributed by atoms with E-state index in [1.807, 2.05) is 0 Å². The third-order valence-corrected chi connectivity index (χ3v) is 9.87. The van der Waals surface area contributed by atoms with Crippen molar-refractivity contribution in [2.75, 3.05) is 4.90 Å². The molecular weight excluding hydrogens is 538 g/mol. The van der Waals surface area contributed by atoms with Crippen LogP contribution in [0.3, 0.4) is 0 Å². The minimum Gasteiger partial charge on any atom is -0.507 e. The Bertz CT molecular complexity index is 1480. The summed E-state index contributed by atoms with van der Waals surface area (Å²) in [7, 11) is 0. The first kappa shape index (κ1) is 25.0. The Morgan fingerprint density at radius 2 is 1.66 bits per heavy atom. The lowest BCUT2D eigenvalue weighted by molar-refractivity contribution is -0.173. The summed E-state index contributed by atoms with van der Waals surface area (Å²) in [6, 6.07) is 9.59. The number of aryl methyl sites for hydroxylation is 1. The Balaban J connectivity index is 1.60. The van der Waals surface area contributed by atoms with Gasteiger partial charge in [-0.25, -0.2) is 9.29 Å². The first-order valence-electron chi connectivity index (χ1n) is 12.0. The Labute approximate surface area is 226 Å². The zero-order valence-corrected chi connectivity index (χ0v) is 21.4. The maximum absolute atomic E-state index is 14.1. The number of anilines is 1. The molecular formula is C27H21Cl2FN2O6. The molecule has 196 valence electrons. The van der Waals surface area contributed by atoms with Gasteiger partial charge in [-0.05, 0) is 55.5 Å². The van der Waals surface area contributed by atoms with E-state index in [-0.39, 0.29) is 34.9 Å². The van der Waals surface area contributed by atoms with Crippen LogP contribution in [0.5, 0.6) is 5.75 Å². The first-order valence-corrected chi connectivity index (χ1v) is 12.8. The average Bonchev–Trinajstić information content (AvgIpc) is 3.20. The predicted octanol–water partition coefficient (Wildman–Crippen LogP) is 3.79. The molecule has 38 heavy (non-hydrogen) atoms. The highest BCUT2D eigenvalue weighted by Gasteiger charge is 2.76. The molecule has 0 spiro atoms. The molecule has 0 aromatic heterocycles. The lowest BCUT2D eigenvalue weighted by Crippen LogP contribution is -2.60. The summed E-state index contributed by atoms with van der Waals surface area (Å²) in [5.41, 5.74) is 1.27. The molecule has 11 heteroatoms. The SMILES string of the molecule is Cc1cccc(C2C3=CCC4C(=O)N(O)C(=O)C4C3CC3(Cl)C(=O)N(c4ccc(F)cc4)C(=O)C23Cl)c1O. The monoisotopic (exact) mass is 558 g/mol. The maximum atomic E-state index is 14.1. The molecule has 2 saturated heterocycles. The van der Waals surface area contributed by atoms with E-state index in [2.05, 4.69) is 0 Å². The van der Waals surface area contributed by atoms with Crippen molar-refractivity contribution >= 4 is 52.5 Å². The molecule has 8 nitrogen and oxygen atoms in total. The van der Waals surface area contributed by atoms with Crippen molar-refractivity contribution in [1.29, 1.82) is 0 Å². The van der Waals surface area contributed by atoms with Gasteiger partial charge in [0.25, 0.3) is 23.6 Å². The van der Waals surface area contributed by atoms with Crippen LogP contribution in [0.4, 0.5) is 10.1 Å². The Morgan fingerprint density at radius 1 is 0.974 bits per heavy atom. The Morgan fingerprint density at radius 3 is 2.34 bits per heavy atom. The average molecular weight is 559 g/mol. The number of fused-ring (bicyclic) bond motifs is 4. The summed E-state index contributed by atoms with van der Waals surface area (Å²) in [5, 5.41) is 21.3. The number of hydrogen-bond donors (Lipinski definition) is 2. The highest BCUT2D eigenvalue weighted by molar-refractivity contribution is 6.58. The van der Waals surface area contributed by atoms with Crippen LogP contribution in [0.1, 0.15) is 29.9 Å². The third-order valence-electron chi connectivity index (χ3n) is 8.45. The zero-order valence-electron chi connectivity index (χ0n) is 19.9. The number of nitrogens with zero attached hydrogens (tertiary/aromatic N) is 2. The second-order valence-corrected chi connectivity index (χ2v) is 11.5. The van der Waals surface area contributed by atoms with Gasteiger partial charge >= 0.3 is 0 Å². The largest absolute Gasteiger partial charge is 0.507 e. The van der Waals surface area contributed by atoms with Gasteiger partial charge in [0.05, 0.1) is 17.5 Å². The third kappa shape index (κ3) is 2.95. The van der Waals surface area contributed by atoms with E-state index in [0.29, 0.717) is 11.1 Å². The van der Waals surface area contributed by atoms with Crippen molar-refractivity contribution in [1.82, 2.24) is 5.06 Å². The number of carbonyl (C=O) groups excluding carboxylic acids is 4. The van der Waals surface area contributed by atoms with Crippen LogP contribution >= 0.6 is 23.2 Å². The van der Waals surface area contributed by atoms with Crippen LogP contribution in [0.25, 0.3) is 0 Å². The number of phenols is 1. The highest BCUT2D eigenvalue weighted by Crippen LogP contribution is 2.66. The molecule has 3 fully saturated rings. The number of para-hydroxylation sites is 1. The molecule has 6 unspecified atom stereocenters. The van der Waals surface area contributed by atoms with Gasteiger partial charge < -0.3 is 5.11 Å². The summed E-state index contributed by atoms with van der Waals surface area (Å²) >= 11 is 14.3. The number of hydrogen-bond acceptors (Lipinski definition) is 6. The van der Waals surface area contributed by atoms with E-state index in [4.69, 9.17) is 23.2 Å². The van der Waals surface area contributed by atoms with Gasteiger partial charge in [0, 0.05) is 11.5 Å². The zero-order chi connectivity index (χ0) is 27.3. The smallest absolute Gasteiger partial charge is 0.258 e. The Kier molecular flexibility index (Phi) is 5.35. The number of phenolic OH excluding ortho intramolecular Hbond substituents is 1. The van der Waals surface area contributed by atoms with E-state index in [1.54, 1.807) is 31.2 Å². The molecule has 4 amide bonds. The molecule has 0 radical (unpaired) electrons. The molecule has 4 aliphatic rings. The van der Waals surface area contributed by atoms with Crippen LogP contribution in [0, 0.1) is 30.5 Å². The van der Waals surface area contributed by atoms with Crippen LogP contribution in [-0.4, -0.2) is 48.8 Å². The highest BCUT2D eigenvalue weighted by atomic mass is 35.5. The minimum atomic E-state index is -2.13. The van der Waals surface area contributed by atoms with E-state index >= 15 is 0 Å². The van der Waals surface area contributed by atoms with E-state index < -0.39 is 62.9 Å². The second kappa shape index (κ2) is 8.11. The molecule has 1 saturated carbocycles. The fraction of sp³-hybridized carbons (Fsp3) is 0.333. The number of alkyl halides is 2. The van der Waals surface area contributed by atoms with Crippen LogP contribution < -0.4 is 4.90 Å². The molecule has 6 atom stereocenters. The molecule has 6 rings (SSSR count). The van der Waals surface area contributed by atoms with Gasteiger partial charge in [0.1, 0.15) is 11.6 Å². The number of hydroxylamine groups is 2. The van der Waals surface area contributed by atoms with Crippen molar-refractivity contribution in [2.45, 2.75) is 35.4 Å². The van der Waals surface area contributed by atoms with Gasteiger partial charge in [-0.15, -0.1) is 23.2 Å². The van der Waals surface area contributed by atoms with E-state index in [1.165, 1.54) is 12.1 Å². The predicted molar refractivity (Wildman–Crippen MR) is 133 cm³/mol. The quantitative estimate of drug-likeness (QED) is 0.251. The lowest BCUT2D eigenvalue weighted by atomic mass is 9.56. The first-order chi connectivity index (χ1) is 17.9. The molecule has 2 aromatic carbocycles. The van der Waals surface area contributed by atoms with Gasteiger partial charge in [-0.2, -0.15) is 5.06 Å². The number of allylic oxidation sites excluding steroid dienone is 2. The summed E-state index contributed by atoms with van der Waals surface area (Å²) in [6.07, 6.45) is 1.51. The standard InChI is InChI=1S/C27H21Cl2FN2O6/c1-12-3-2-4-17(21(12)33)20-15-9-10-16-19(23(35)32(38)22(16)34)18(15)11-26(28)24(36)31(25(37)27(20,26)29)14-7-5-13(30)6-8-14/h2-9,16,18-20,33,38H,10-11H2,1H3. The normalized spacial score (nSPS) is 34.3. The number of aromatic hydroxyl groups is 1. The van der Waals surface area contributed by atoms with Crippen molar-refractivity contribution < 1.29 is 33.9 Å². The summed E-state index contributed by atoms with van der Waals surface area (Å²) in [6.45, 7) is 1.66. The molecule has 2 N–H and O–H groups in total. The molecule has 2 aliphatic carbocycles. The van der Waals surface area contributed by atoms with Gasteiger partial charge in [-0.1, -0.05) is 29.8 Å². The summed E-state index contributed by atoms with van der Waals surface area (Å²) in [4.78, 5) is 50.3. The van der Waals surface area contributed by atoms with Crippen molar-refractivity contribution in [3.63, 3.8) is 0 Å². The summed E-state index contributed by atoms with van der Waals surface area (Å²) < 4.78 is 13.6. The van der Waals surface area contributed by atoms with Crippen LogP contribution in [0.2, 0.25) is 0 Å². The molecule has 0 bridgehead atoms.